The SMILES string of the molecule is Clc1ccc(Cl)c(-c2ccc(C[NH2+]CC3CCCO3)o2)c1.[Cl-]. The Morgan fingerprint density at radius 3 is 2.82 bits per heavy atom. The number of ether oxygens (including phenoxy) is 1. The van der Waals surface area contributed by atoms with E-state index in [2.05, 4.69) is 5.32 Å². The monoisotopic (exact) mass is 361 g/mol. The highest BCUT2D eigenvalue weighted by atomic mass is 35.5. The van der Waals surface area contributed by atoms with Gasteiger partial charge in [0.15, 0.2) is 5.76 Å². The molecule has 2 N–H and O–H groups in total. The molecule has 0 radical (unpaired) electrons. The molecule has 22 heavy (non-hydrogen) atoms. The van der Waals surface area contributed by atoms with Crippen LogP contribution in [0.15, 0.2) is 34.7 Å². The summed E-state index contributed by atoms with van der Waals surface area (Å²) in [5.74, 6) is 1.68. The van der Waals surface area contributed by atoms with Gasteiger partial charge in [0.05, 0.1) is 5.02 Å². The van der Waals surface area contributed by atoms with Crippen molar-refractivity contribution in [2.45, 2.75) is 25.5 Å². The molecule has 1 aromatic carbocycles. The highest BCUT2D eigenvalue weighted by molar-refractivity contribution is 6.35. The molecule has 3 rings (SSSR count). The summed E-state index contributed by atoms with van der Waals surface area (Å²) in [7, 11) is 0. The highest BCUT2D eigenvalue weighted by Crippen LogP contribution is 2.31. The van der Waals surface area contributed by atoms with Gasteiger partial charge in [-0.3, -0.25) is 0 Å². The van der Waals surface area contributed by atoms with Crippen LogP contribution in [0.2, 0.25) is 10.0 Å². The maximum Gasteiger partial charge on any atom is 0.158 e. The van der Waals surface area contributed by atoms with Crippen molar-refractivity contribution in [3.05, 3.63) is 46.1 Å². The van der Waals surface area contributed by atoms with E-state index in [4.69, 9.17) is 32.4 Å². The molecule has 0 amide bonds. The van der Waals surface area contributed by atoms with E-state index in [1.165, 1.54) is 6.42 Å². The molecule has 1 saturated heterocycles. The quantitative estimate of drug-likeness (QED) is 0.841. The number of rotatable bonds is 5. The van der Waals surface area contributed by atoms with Crippen LogP contribution in [0.5, 0.6) is 0 Å². The molecule has 6 heteroatoms. The second kappa shape index (κ2) is 8.23. The van der Waals surface area contributed by atoms with Crippen LogP contribution in [0.3, 0.4) is 0 Å². The lowest BCUT2D eigenvalue weighted by Crippen LogP contribution is -3.00. The van der Waals surface area contributed by atoms with Crippen molar-refractivity contribution in [2.75, 3.05) is 13.2 Å². The molecule has 1 aromatic heterocycles. The van der Waals surface area contributed by atoms with E-state index in [0.717, 1.165) is 43.2 Å². The van der Waals surface area contributed by atoms with Gasteiger partial charge < -0.3 is 26.9 Å². The first kappa shape index (κ1) is 17.6. The fourth-order valence-corrected chi connectivity index (χ4v) is 2.94. The van der Waals surface area contributed by atoms with E-state index in [0.29, 0.717) is 16.1 Å². The maximum atomic E-state index is 6.19. The number of furan rings is 1. The largest absolute Gasteiger partial charge is 1.00 e. The molecule has 0 saturated carbocycles. The average molecular weight is 363 g/mol. The summed E-state index contributed by atoms with van der Waals surface area (Å²) in [5.41, 5.74) is 0.828. The second-order valence-electron chi connectivity index (χ2n) is 5.25. The number of hydrogen-bond acceptors (Lipinski definition) is 2. The zero-order valence-corrected chi connectivity index (χ0v) is 14.3. The molecule has 1 aliphatic heterocycles. The standard InChI is InChI=1S/C16H17Cl2NO2.ClH/c17-11-3-5-15(18)14(8-11)16-6-4-13(21-16)10-19-9-12-2-1-7-20-12;/h3-6,8,12,19H,1-2,7,9-10H2;1H. The van der Waals surface area contributed by atoms with Crippen molar-refractivity contribution in [1.29, 1.82) is 0 Å². The minimum Gasteiger partial charge on any atom is -1.00 e. The van der Waals surface area contributed by atoms with E-state index in [1.807, 2.05) is 18.2 Å². The van der Waals surface area contributed by atoms with Gasteiger partial charge in [0.25, 0.3) is 0 Å². The topological polar surface area (TPSA) is 39.0 Å². The number of hydrogen-bond donors (Lipinski definition) is 1. The molecule has 0 aliphatic carbocycles. The Hall–Kier alpha value is -0.710. The van der Waals surface area contributed by atoms with Crippen molar-refractivity contribution >= 4 is 23.2 Å². The molecule has 3 nitrogen and oxygen atoms in total. The molecule has 2 heterocycles. The van der Waals surface area contributed by atoms with E-state index in [9.17, 15) is 0 Å². The number of halogens is 3. The lowest BCUT2D eigenvalue weighted by molar-refractivity contribution is -0.677. The fourth-order valence-electron chi connectivity index (χ4n) is 2.56. The van der Waals surface area contributed by atoms with Gasteiger partial charge >= 0.3 is 0 Å². The van der Waals surface area contributed by atoms with E-state index >= 15 is 0 Å². The van der Waals surface area contributed by atoms with E-state index in [-0.39, 0.29) is 12.4 Å². The lowest BCUT2D eigenvalue weighted by atomic mass is 10.2. The summed E-state index contributed by atoms with van der Waals surface area (Å²) in [6.07, 6.45) is 2.73. The Kier molecular flexibility index (Phi) is 6.60. The zero-order chi connectivity index (χ0) is 14.7. The Morgan fingerprint density at radius 2 is 2.05 bits per heavy atom. The first-order valence-corrected chi connectivity index (χ1v) is 7.95. The van der Waals surface area contributed by atoms with Crippen LogP contribution in [0.25, 0.3) is 11.3 Å². The smallest absolute Gasteiger partial charge is 0.158 e. The maximum absolute atomic E-state index is 6.19. The number of benzene rings is 1. The van der Waals surface area contributed by atoms with Gasteiger partial charge in [-0.05, 0) is 43.2 Å². The van der Waals surface area contributed by atoms with Gasteiger partial charge in [0.2, 0.25) is 0 Å². The van der Waals surface area contributed by atoms with Crippen LogP contribution in [-0.4, -0.2) is 19.3 Å². The van der Waals surface area contributed by atoms with Gasteiger partial charge in [-0.15, -0.1) is 0 Å². The molecular formula is C16H18Cl3NO2. The molecule has 2 aromatic rings. The molecule has 1 unspecified atom stereocenters. The summed E-state index contributed by atoms with van der Waals surface area (Å²) in [5, 5.41) is 3.51. The van der Waals surface area contributed by atoms with Gasteiger partial charge in [0.1, 0.15) is 25.0 Å². The van der Waals surface area contributed by atoms with Gasteiger partial charge in [-0.2, -0.15) is 0 Å². The van der Waals surface area contributed by atoms with Crippen molar-refractivity contribution in [3.63, 3.8) is 0 Å². The summed E-state index contributed by atoms with van der Waals surface area (Å²) in [6, 6.07) is 9.30. The number of quaternary nitrogens is 1. The minimum atomic E-state index is 0. The van der Waals surface area contributed by atoms with Crippen molar-refractivity contribution in [3.8, 4) is 11.3 Å². The normalized spacial score (nSPS) is 17.5. The predicted molar refractivity (Wildman–Crippen MR) is 83.6 cm³/mol. The predicted octanol–water partition coefficient (Wildman–Crippen LogP) is 0.500. The highest BCUT2D eigenvalue weighted by Gasteiger charge is 2.17. The molecule has 1 aliphatic rings. The summed E-state index contributed by atoms with van der Waals surface area (Å²) >= 11 is 12.2. The molecule has 0 spiro atoms. The van der Waals surface area contributed by atoms with E-state index < -0.39 is 0 Å². The van der Waals surface area contributed by atoms with Crippen molar-refractivity contribution < 1.29 is 26.9 Å². The lowest BCUT2D eigenvalue weighted by Gasteiger charge is -2.06. The van der Waals surface area contributed by atoms with Crippen molar-refractivity contribution in [1.82, 2.24) is 0 Å². The molecule has 0 bridgehead atoms. The van der Waals surface area contributed by atoms with E-state index in [1.54, 1.807) is 12.1 Å². The third-order valence-electron chi connectivity index (χ3n) is 3.65. The van der Waals surface area contributed by atoms with Crippen LogP contribution in [-0.2, 0) is 11.3 Å². The third kappa shape index (κ3) is 4.40. The Morgan fingerprint density at radius 1 is 1.18 bits per heavy atom. The van der Waals surface area contributed by atoms with Gasteiger partial charge in [-0.1, -0.05) is 23.2 Å². The van der Waals surface area contributed by atoms with Gasteiger partial charge in [-0.25, -0.2) is 0 Å². The Bertz CT molecular complexity index is 609. The Labute approximate surface area is 146 Å². The summed E-state index contributed by atoms with van der Waals surface area (Å²) in [6.45, 7) is 2.68. The molecule has 120 valence electrons. The minimum absolute atomic E-state index is 0. The van der Waals surface area contributed by atoms with Crippen LogP contribution >= 0.6 is 23.2 Å². The summed E-state index contributed by atoms with van der Waals surface area (Å²) < 4.78 is 11.5. The van der Waals surface area contributed by atoms with Crippen LogP contribution < -0.4 is 17.7 Å². The average Bonchev–Trinajstić information content (AvgIpc) is 3.13. The number of nitrogens with two attached hydrogens (primary N) is 1. The second-order valence-corrected chi connectivity index (χ2v) is 6.10. The first-order valence-electron chi connectivity index (χ1n) is 7.20. The summed E-state index contributed by atoms with van der Waals surface area (Å²) in [4.78, 5) is 0. The first-order chi connectivity index (χ1) is 10.2. The fraction of sp³-hybridized carbons (Fsp3) is 0.375. The van der Waals surface area contributed by atoms with Crippen LogP contribution in [0, 0.1) is 0 Å². The molecule has 1 atom stereocenters. The van der Waals surface area contributed by atoms with Crippen molar-refractivity contribution in [2.24, 2.45) is 0 Å². The molecule has 1 fully saturated rings. The Balaban J connectivity index is 0.00000176. The van der Waals surface area contributed by atoms with Crippen LogP contribution in [0.1, 0.15) is 18.6 Å². The van der Waals surface area contributed by atoms with Crippen LogP contribution in [0.4, 0.5) is 0 Å². The zero-order valence-electron chi connectivity index (χ0n) is 12.0. The molecular weight excluding hydrogens is 345 g/mol. The third-order valence-corrected chi connectivity index (χ3v) is 4.22. The van der Waals surface area contributed by atoms with Gasteiger partial charge in [0, 0.05) is 17.2 Å².